The molecule has 5 rings (SSSR count). The van der Waals surface area contributed by atoms with Crippen LogP contribution in [0.25, 0.3) is 33.6 Å². The quantitative estimate of drug-likeness (QED) is 0.333. The van der Waals surface area contributed by atoms with Gasteiger partial charge in [-0.1, -0.05) is 42.0 Å². The van der Waals surface area contributed by atoms with Crippen LogP contribution in [0.4, 0.5) is 5.69 Å². The van der Waals surface area contributed by atoms with Crippen molar-refractivity contribution in [2.24, 2.45) is 0 Å². The first-order valence-electron chi connectivity index (χ1n) is 11.0. The number of aromatic amines is 1. The number of fused-ring (bicyclic) bond motifs is 2. The second-order valence-corrected chi connectivity index (χ2v) is 8.42. The third kappa shape index (κ3) is 4.19. The Kier molecular flexibility index (Phi) is 5.44. The average molecular weight is 446 g/mol. The smallest absolute Gasteiger partial charge is 0.244 e. The zero-order valence-electron chi connectivity index (χ0n) is 19.0. The molecule has 34 heavy (non-hydrogen) atoms. The van der Waals surface area contributed by atoms with Crippen LogP contribution in [-0.4, -0.2) is 20.4 Å². The first-order chi connectivity index (χ1) is 16.5. The van der Waals surface area contributed by atoms with Crippen LogP contribution in [0.2, 0.25) is 0 Å². The Labute approximate surface area is 197 Å². The van der Waals surface area contributed by atoms with Gasteiger partial charge < -0.3 is 14.9 Å². The van der Waals surface area contributed by atoms with Crippen LogP contribution < -0.4 is 5.32 Å². The summed E-state index contributed by atoms with van der Waals surface area (Å²) in [6.07, 6.45) is 3.73. The molecule has 1 amide bonds. The number of rotatable bonds is 5. The maximum absolute atomic E-state index is 12.7. The van der Waals surface area contributed by atoms with E-state index in [1.807, 2.05) is 97.4 Å². The summed E-state index contributed by atoms with van der Waals surface area (Å²) in [7, 11) is 0. The van der Waals surface area contributed by atoms with Crippen molar-refractivity contribution in [2.45, 2.75) is 20.4 Å². The van der Waals surface area contributed by atoms with E-state index in [2.05, 4.69) is 21.4 Å². The number of aromatic nitrogens is 3. The molecule has 0 atom stereocenters. The van der Waals surface area contributed by atoms with E-state index >= 15 is 0 Å². The van der Waals surface area contributed by atoms with Crippen LogP contribution in [0.3, 0.4) is 0 Å². The molecular weight excluding hydrogens is 422 g/mol. The third-order valence-corrected chi connectivity index (χ3v) is 5.78. The summed E-state index contributed by atoms with van der Waals surface area (Å²) < 4.78 is 1.90. The molecule has 5 aromatic rings. The Bertz CT molecular complexity index is 1600. The van der Waals surface area contributed by atoms with Crippen molar-refractivity contribution in [2.75, 3.05) is 5.32 Å². The summed E-state index contributed by atoms with van der Waals surface area (Å²) >= 11 is 0. The van der Waals surface area contributed by atoms with Crippen molar-refractivity contribution in [3.8, 4) is 6.07 Å². The first kappa shape index (κ1) is 21.2. The average Bonchev–Trinajstić information content (AvgIpc) is 3.40. The molecule has 2 heterocycles. The molecular formula is C28H23N5O. The van der Waals surface area contributed by atoms with Gasteiger partial charge in [-0.3, -0.25) is 4.79 Å². The molecule has 0 bridgehead atoms. The molecule has 0 fully saturated rings. The number of H-pyrrole nitrogens is 1. The molecule has 166 valence electrons. The van der Waals surface area contributed by atoms with Crippen molar-refractivity contribution in [1.82, 2.24) is 14.5 Å². The highest BCUT2D eigenvalue weighted by Gasteiger charge is 2.13. The van der Waals surface area contributed by atoms with Crippen molar-refractivity contribution in [3.05, 3.63) is 95.4 Å². The van der Waals surface area contributed by atoms with E-state index in [1.165, 1.54) is 0 Å². The predicted octanol–water partition coefficient (Wildman–Crippen LogP) is 5.84. The molecule has 3 aromatic carbocycles. The lowest BCUT2D eigenvalue weighted by Gasteiger charge is -2.07. The Morgan fingerprint density at radius 2 is 1.85 bits per heavy atom. The van der Waals surface area contributed by atoms with Gasteiger partial charge in [0, 0.05) is 28.4 Å². The molecule has 6 heteroatoms. The highest BCUT2D eigenvalue weighted by atomic mass is 16.1. The fourth-order valence-electron chi connectivity index (χ4n) is 4.07. The number of amides is 1. The molecule has 2 N–H and O–H groups in total. The highest BCUT2D eigenvalue weighted by Crippen LogP contribution is 2.26. The van der Waals surface area contributed by atoms with E-state index in [-0.39, 0.29) is 12.5 Å². The minimum atomic E-state index is -0.117. The van der Waals surface area contributed by atoms with Gasteiger partial charge in [-0.25, -0.2) is 4.98 Å². The third-order valence-electron chi connectivity index (χ3n) is 5.78. The van der Waals surface area contributed by atoms with Crippen LogP contribution in [-0.2, 0) is 11.3 Å². The zero-order chi connectivity index (χ0) is 23.7. The number of carbonyl (C=O) groups is 1. The number of nitriles is 1. The topological polar surface area (TPSA) is 86.5 Å². The van der Waals surface area contributed by atoms with Crippen molar-refractivity contribution in [1.29, 1.82) is 5.26 Å². The number of anilines is 1. The summed E-state index contributed by atoms with van der Waals surface area (Å²) in [5.41, 5.74) is 6.94. The van der Waals surface area contributed by atoms with Crippen LogP contribution >= 0.6 is 0 Å². The maximum atomic E-state index is 12.7. The maximum Gasteiger partial charge on any atom is 0.244 e. The number of nitrogens with zero attached hydrogens (tertiary/aromatic N) is 3. The lowest BCUT2D eigenvalue weighted by molar-refractivity contribution is -0.116. The molecule has 0 saturated heterocycles. The standard InChI is InChI=1S/C28H23N5O/c1-18-7-10-22(11-8-18)30-27(34)17-33-16-21(23-5-3-4-6-26(23)33)14-20(15-29)28-31-24-12-9-19(2)13-25(24)32-28/h3-14,16H,17H2,1-2H3,(H,30,34)(H,31,32)/b20-14-. The van der Waals surface area contributed by atoms with E-state index in [4.69, 9.17) is 0 Å². The molecule has 0 saturated carbocycles. The summed E-state index contributed by atoms with van der Waals surface area (Å²) in [6, 6.07) is 23.8. The Morgan fingerprint density at radius 3 is 2.65 bits per heavy atom. The molecule has 0 aliphatic heterocycles. The van der Waals surface area contributed by atoms with Gasteiger partial charge in [0.1, 0.15) is 18.4 Å². The van der Waals surface area contributed by atoms with Gasteiger partial charge in [0.25, 0.3) is 0 Å². The number of benzene rings is 3. The molecule has 0 spiro atoms. The van der Waals surface area contributed by atoms with Crippen molar-refractivity contribution < 1.29 is 4.79 Å². The highest BCUT2D eigenvalue weighted by molar-refractivity contribution is 5.99. The van der Waals surface area contributed by atoms with Gasteiger partial charge in [-0.2, -0.15) is 5.26 Å². The fourth-order valence-corrected chi connectivity index (χ4v) is 4.07. The summed E-state index contributed by atoms with van der Waals surface area (Å²) in [6.45, 7) is 4.19. The van der Waals surface area contributed by atoms with Gasteiger partial charge >= 0.3 is 0 Å². The number of imidazole rings is 1. The Hall–Kier alpha value is -4.63. The molecule has 2 aromatic heterocycles. The van der Waals surface area contributed by atoms with Crippen LogP contribution in [0.1, 0.15) is 22.5 Å². The number of hydrogen-bond acceptors (Lipinski definition) is 3. The molecule has 0 aliphatic rings. The van der Waals surface area contributed by atoms with Gasteiger partial charge in [0.2, 0.25) is 5.91 Å². The number of hydrogen-bond donors (Lipinski definition) is 2. The van der Waals surface area contributed by atoms with Crippen LogP contribution in [0.5, 0.6) is 0 Å². The van der Waals surface area contributed by atoms with E-state index < -0.39 is 0 Å². The fraction of sp³-hybridized carbons (Fsp3) is 0.107. The largest absolute Gasteiger partial charge is 0.337 e. The lowest BCUT2D eigenvalue weighted by atomic mass is 10.1. The van der Waals surface area contributed by atoms with Crippen molar-refractivity contribution in [3.63, 3.8) is 0 Å². The number of para-hydroxylation sites is 1. The molecule has 0 aliphatic carbocycles. The van der Waals surface area contributed by atoms with Gasteiger partial charge in [-0.15, -0.1) is 0 Å². The van der Waals surface area contributed by atoms with Crippen LogP contribution in [0.15, 0.2) is 72.9 Å². The summed E-state index contributed by atoms with van der Waals surface area (Å²) in [4.78, 5) is 20.6. The van der Waals surface area contributed by atoms with E-state index in [9.17, 15) is 10.1 Å². The summed E-state index contributed by atoms with van der Waals surface area (Å²) in [5, 5.41) is 13.8. The van der Waals surface area contributed by atoms with Gasteiger partial charge in [0.05, 0.1) is 16.6 Å². The summed E-state index contributed by atoms with van der Waals surface area (Å²) in [5.74, 6) is 0.408. The molecule has 0 unspecified atom stereocenters. The predicted molar refractivity (Wildman–Crippen MR) is 136 cm³/mol. The minimum Gasteiger partial charge on any atom is -0.337 e. The van der Waals surface area contributed by atoms with E-state index in [1.54, 1.807) is 0 Å². The lowest BCUT2D eigenvalue weighted by Crippen LogP contribution is -2.18. The number of allylic oxidation sites excluding steroid dienone is 1. The second kappa shape index (κ2) is 8.72. The minimum absolute atomic E-state index is 0.117. The van der Waals surface area contributed by atoms with E-state index in [0.29, 0.717) is 11.4 Å². The van der Waals surface area contributed by atoms with Gasteiger partial charge in [-0.05, 0) is 55.8 Å². The number of nitrogens with one attached hydrogen (secondary N) is 2. The Balaban J connectivity index is 1.48. The zero-order valence-corrected chi connectivity index (χ0v) is 19.0. The first-order valence-corrected chi connectivity index (χ1v) is 11.0. The monoisotopic (exact) mass is 445 g/mol. The second-order valence-electron chi connectivity index (χ2n) is 8.42. The van der Waals surface area contributed by atoms with Gasteiger partial charge in [0.15, 0.2) is 0 Å². The SMILES string of the molecule is Cc1ccc(NC(=O)Cn2cc(/C=C(/C#N)c3nc4ccc(C)cc4[nH]3)c3ccccc32)cc1. The van der Waals surface area contributed by atoms with E-state index in [0.717, 1.165) is 44.3 Å². The van der Waals surface area contributed by atoms with Crippen LogP contribution in [0, 0.1) is 25.2 Å². The molecule has 0 radical (unpaired) electrons. The van der Waals surface area contributed by atoms with Crippen molar-refractivity contribution >= 4 is 45.2 Å². The normalized spacial score (nSPS) is 11.6. The Morgan fingerprint density at radius 1 is 1.09 bits per heavy atom. The number of carbonyl (C=O) groups excluding carboxylic acids is 1. The number of aryl methyl sites for hydroxylation is 2. The molecule has 6 nitrogen and oxygen atoms in total.